The van der Waals surface area contributed by atoms with E-state index in [4.69, 9.17) is 9.73 Å². The summed E-state index contributed by atoms with van der Waals surface area (Å²) in [6, 6.07) is 5.60. The van der Waals surface area contributed by atoms with Crippen molar-refractivity contribution >= 4 is 30.2 Å². The van der Waals surface area contributed by atoms with Gasteiger partial charge in [-0.3, -0.25) is 9.59 Å². The van der Waals surface area contributed by atoms with Crippen LogP contribution in [0.1, 0.15) is 62.2 Å². The molecule has 10 heteroatoms. The van der Waals surface area contributed by atoms with Gasteiger partial charge in [-0.15, -0.1) is 0 Å². The lowest BCUT2D eigenvalue weighted by atomic mass is 10.1. The summed E-state index contributed by atoms with van der Waals surface area (Å²) < 4.78 is 5.59. The van der Waals surface area contributed by atoms with Gasteiger partial charge >= 0.3 is 0 Å². The Morgan fingerprint density at radius 1 is 1.16 bits per heavy atom. The number of carbonyl (C=O) groups excluding carboxylic acids is 2. The summed E-state index contributed by atoms with van der Waals surface area (Å²) in [6.45, 7) is 9.95. The average molecular weight is 524 g/mol. The number of ether oxygens (including phenoxy) is 1. The maximum atomic E-state index is 12.7. The maximum absolute atomic E-state index is 12.7. The second-order valence-corrected chi connectivity index (χ2v) is 10.2. The van der Waals surface area contributed by atoms with Crippen LogP contribution in [0.25, 0.3) is 0 Å². The number of amides is 2. The fourth-order valence-corrected chi connectivity index (χ4v) is 5.45. The van der Waals surface area contributed by atoms with Gasteiger partial charge in [0.15, 0.2) is 5.82 Å². The maximum Gasteiger partial charge on any atom is 0.251 e. The zero-order valence-electron chi connectivity index (χ0n) is 23.0. The van der Waals surface area contributed by atoms with Crippen molar-refractivity contribution < 1.29 is 14.3 Å². The number of aliphatic imine (C=N–C) groups is 2. The Hall–Kier alpha value is -3.40. The highest BCUT2D eigenvalue weighted by atomic mass is 16.5. The molecule has 1 aromatic carbocycles. The van der Waals surface area contributed by atoms with Crippen molar-refractivity contribution in [3.05, 3.63) is 35.3 Å². The first-order chi connectivity index (χ1) is 18.4. The number of nitrogens with one attached hydrogen (secondary N) is 2. The van der Waals surface area contributed by atoms with Crippen molar-refractivity contribution in [1.82, 2.24) is 20.0 Å². The Morgan fingerprint density at radius 3 is 2.58 bits per heavy atom. The Kier molecular flexibility index (Phi) is 9.38. The average Bonchev–Trinajstić information content (AvgIpc) is 3.64. The number of allylic oxidation sites excluding steroid dienone is 1. The summed E-state index contributed by atoms with van der Waals surface area (Å²) in [5.41, 5.74) is 1.93. The third-order valence-electron chi connectivity index (χ3n) is 7.79. The molecule has 38 heavy (non-hydrogen) atoms. The van der Waals surface area contributed by atoms with Crippen molar-refractivity contribution in [2.45, 2.75) is 57.9 Å². The first kappa shape index (κ1) is 27.6. The summed E-state index contributed by atoms with van der Waals surface area (Å²) in [5, 5.41) is 6.21. The first-order valence-electron chi connectivity index (χ1n) is 13.7. The van der Waals surface area contributed by atoms with Gasteiger partial charge in [0, 0.05) is 44.7 Å². The molecule has 2 heterocycles. The fraction of sp³-hybridized carbons (Fsp3) is 0.571. The number of hydrogen-bond donors (Lipinski definition) is 2. The Labute approximate surface area is 225 Å². The molecule has 4 rings (SSSR count). The standard InChI is InChI=1S/C28H41N7O3/c1-20-26(35(22-9-5-6-10-22)17-13-25(36)33(20)3)32-28(29-2)31-23-12-11-21(19-24(23)38-4)27(37)30-14-18-34-15-7-8-16-34/h11-12,19,22H,2,5-10,13-18H2,1,3-4H3,(H,30,37)(H,31,32). The third-order valence-corrected chi connectivity index (χ3v) is 7.79. The van der Waals surface area contributed by atoms with Crippen LogP contribution in [0.5, 0.6) is 5.75 Å². The molecule has 0 unspecified atom stereocenters. The van der Waals surface area contributed by atoms with E-state index < -0.39 is 0 Å². The van der Waals surface area contributed by atoms with E-state index in [9.17, 15) is 9.59 Å². The molecule has 0 atom stereocenters. The molecule has 0 bridgehead atoms. The van der Waals surface area contributed by atoms with Crippen LogP contribution in [0.3, 0.4) is 0 Å². The van der Waals surface area contributed by atoms with Crippen LogP contribution in [-0.2, 0) is 4.79 Å². The first-order valence-corrected chi connectivity index (χ1v) is 13.7. The Bertz CT molecular complexity index is 1090. The van der Waals surface area contributed by atoms with E-state index in [-0.39, 0.29) is 11.8 Å². The van der Waals surface area contributed by atoms with Crippen molar-refractivity contribution in [1.29, 1.82) is 0 Å². The molecule has 206 valence electrons. The fourth-order valence-electron chi connectivity index (χ4n) is 5.45. The van der Waals surface area contributed by atoms with Crippen molar-refractivity contribution in [2.24, 2.45) is 9.98 Å². The number of likely N-dealkylation sites (tertiary alicyclic amines) is 1. The molecule has 3 aliphatic rings. The second kappa shape index (κ2) is 12.9. The number of rotatable bonds is 8. The van der Waals surface area contributed by atoms with Crippen LogP contribution in [0, 0.1) is 0 Å². The number of nitrogens with zero attached hydrogens (tertiary/aromatic N) is 5. The number of anilines is 1. The van der Waals surface area contributed by atoms with E-state index in [1.54, 1.807) is 37.3 Å². The number of carbonyl (C=O) groups is 2. The van der Waals surface area contributed by atoms with Crippen LogP contribution in [0.4, 0.5) is 5.69 Å². The molecule has 2 fully saturated rings. The van der Waals surface area contributed by atoms with Gasteiger partial charge < -0.3 is 30.1 Å². The van der Waals surface area contributed by atoms with Gasteiger partial charge in [-0.2, -0.15) is 4.99 Å². The zero-order chi connectivity index (χ0) is 27.1. The number of methoxy groups -OCH3 is 1. The van der Waals surface area contributed by atoms with E-state index >= 15 is 0 Å². The van der Waals surface area contributed by atoms with Crippen molar-refractivity contribution in [2.75, 3.05) is 52.2 Å². The molecule has 1 saturated carbocycles. The number of benzene rings is 1. The van der Waals surface area contributed by atoms with Gasteiger partial charge in [-0.05, 0) is 70.6 Å². The monoisotopic (exact) mass is 523 g/mol. The summed E-state index contributed by atoms with van der Waals surface area (Å²) in [4.78, 5) is 40.6. The molecular formula is C28H41N7O3. The molecule has 2 N–H and O–H groups in total. The van der Waals surface area contributed by atoms with Gasteiger partial charge in [0.05, 0.1) is 18.5 Å². The van der Waals surface area contributed by atoms with Crippen molar-refractivity contribution in [3.63, 3.8) is 0 Å². The van der Waals surface area contributed by atoms with Gasteiger partial charge in [0.2, 0.25) is 11.9 Å². The van der Waals surface area contributed by atoms with Crippen LogP contribution < -0.4 is 15.4 Å². The predicted molar refractivity (Wildman–Crippen MR) is 151 cm³/mol. The number of hydrogen-bond acceptors (Lipinski definition) is 6. The predicted octanol–water partition coefficient (Wildman–Crippen LogP) is 3.29. The lowest BCUT2D eigenvalue weighted by molar-refractivity contribution is -0.127. The Balaban J connectivity index is 1.51. The zero-order valence-corrected chi connectivity index (χ0v) is 23.0. The van der Waals surface area contributed by atoms with Gasteiger partial charge in [-0.25, -0.2) is 4.99 Å². The molecule has 0 radical (unpaired) electrons. The molecule has 0 aromatic heterocycles. The van der Waals surface area contributed by atoms with E-state index in [2.05, 4.69) is 32.1 Å². The summed E-state index contributed by atoms with van der Waals surface area (Å²) in [5.74, 6) is 1.47. The molecule has 1 saturated heterocycles. The topological polar surface area (TPSA) is 102 Å². The van der Waals surface area contributed by atoms with Gasteiger partial charge in [0.25, 0.3) is 5.91 Å². The minimum Gasteiger partial charge on any atom is -0.495 e. The molecule has 1 aromatic rings. The highest BCUT2D eigenvalue weighted by molar-refractivity contribution is 6.00. The third kappa shape index (κ3) is 6.53. The summed E-state index contributed by atoms with van der Waals surface area (Å²) >= 11 is 0. The molecule has 1 aliphatic carbocycles. The van der Waals surface area contributed by atoms with Gasteiger partial charge in [-0.1, -0.05) is 12.8 Å². The highest BCUT2D eigenvalue weighted by Crippen LogP contribution is 2.31. The highest BCUT2D eigenvalue weighted by Gasteiger charge is 2.31. The van der Waals surface area contributed by atoms with Gasteiger partial charge in [0.1, 0.15) is 5.75 Å². The minimum atomic E-state index is -0.135. The lowest BCUT2D eigenvalue weighted by Gasteiger charge is -2.31. The summed E-state index contributed by atoms with van der Waals surface area (Å²) in [6.07, 6.45) is 7.45. The molecule has 10 nitrogen and oxygen atoms in total. The van der Waals surface area contributed by atoms with Crippen LogP contribution >= 0.6 is 0 Å². The van der Waals surface area contributed by atoms with Crippen LogP contribution in [-0.4, -0.2) is 92.1 Å². The minimum absolute atomic E-state index is 0.0766. The van der Waals surface area contributed by atoms with Crippen LogP contribution in [0.2, 0.25) is 0 Å². The SMILES string of the molecule is C=N/C(=N\C1=C(C)N(C)C(=O)CCN1C1CCCC1)Nc1ccc(C(=O)NCCN2CCCC2)cc1OC. The lowest BCUT2D eigenvalue weighted by Crippen LogP contribution is -2.34. The number of guanidine groups is 1. The smallest absolute Gasteiger partial charge is 0.251 e. The van der Waals surface area contributed by atoms with E-state index in [1.807, 2.05) is 6.92 Å². The molecule has 2 amide bonds. The van der Waals surface area contributed by atoms with E-state index in [0.29, 0.717) is 48.5 Å². The Morgan fingerprint density at radius 2 is 1.89 bits per heavy atom. The van der Waals surface area contributed by atoms with E-state index in [1.165, 1.54) is 25.7 Å². The van der Waals surface area contributed by atoms with Crippen molar-refractivity contribution in [3.8, 4) is 5.75 Å². The van der Waals surface area contributed by atoms with E-state index in [0.717, 1.165) is 44.0 Å². The summed E-state index contributed by atoms with van der Waals surface area (Å²) in [7, 11) is 3.35. The normalized spacial score (nSPS) is 19.7. The molecular weight excluding hydrogens is 482 g/mol. The second-order valence-electron chi connectivity index (χ2n) is 10.2. The quantitative estimate of drug-likeness (QED) is 0.401. The molecule has 2 aliphatic heterocycles. The molecule has 0 spiro atoms. The largest absolute Gasteiger partial charge is 0.495 e. The van der Waals surface area contributed by atoms with Crippen LogP contribution in [0.15, 0.2) is 39.7 Å².